The van der Waals surface area contributed by atoms with Crippen LogP contribution in [0.2, 0.25) is 0 Å². The van der Waals surface area contributed by atoms with Gasteiger partial charge in [-0.25, -0.2) is 0 Å². The van der Waals surface area contributed by atoms with Crippen molar-refractivity contribution in [1.29, 1.82) is 0 Å². The molecule has 0 radical (unpaired) electrons. The smallest absolute Gasteiger partial charge is 0.180 e. The van der Waals surface area contributed by atoms with Crippen molar-refractivity contribution in [3.8, 4) is 22.5 Å². The van der Waals surface area contributed by atoms with Crippen LogP contribution < -0.4 is 20.7 Å². The van der Waals surface area contributed by atoms with Gasteiger partial charge in [-0.05, 0) is 80.4 Å². The fourth-order valence-corrected chi connectivity index (χ4v) is 14.4. The summed E-state index contributed by atoms with van der Waals surface area (Å²) in [7, 11) is -2.88. The molecule has 268 valence electrons. The molecular formula is C54H38N2Si. The van der Waals surface area contributed by atoms with E-state index in [9.17, 15) is 0 Å². The van der Waals surface area contributed by atoms with Gasteiger partial charge in [-0.2, -0.15) is 0 Å². The van der Waals surface area contributed by atoms with Gasteiger partial charge in [-0.15, -0.1) is 0 Å². The lowest BCUT2D eigenvalue weighted by atomic mass is 10.0. The number of aromatic nitrogens is 2. The van der Waals surface area contributed by atoms with Gasteiger partial charge in [0, 0.05) is 32.9 Å². The summed E-state index contributed by atoms with van der Waals surface area (Å²) >= 11 is 0. The second-order valence-corrected chi connectivity index (χ2v) is 18.6. The molecule has 0 atom stereocenters. The highest BCUT2D eigenvalue weighted by molar-refractivity contribution is 7.20. The Kier molecular flexibility index (Phi) is 7.87. The van der Waals surface area contributed by atoms with Gasteiger partial charge in [-0.1, -0.05) is 182 Å². The third kappa shape index (κ3) is 5.17. The monoisotopic (exact) mass is 742 g/mol. The highest BCUT2D eigenvalue weighted by Gasteiger charge is 2.43. The molecule has 0 amide bonds. The van der Waals surface area contributed by atoms with Crippen molar-refractivity contribution in [3.63, 3.8) is 0 Å². The Hall–Kier alpha value is -7.20. The van der Waals surface area contributed by atoms with Gasteiger partial charge < -0.3 is 9.13 Å². The summed E-state index contributed by atoms with van der Waals surface area (Å²) in [6.07, 6.45) is 0. The van der Waals surface area contributed by atoms with Crippen LogP contribution in [-0.4, -0.2) is 17.2 Å². The minimum Gasteiger partial charge on any atom is -0.309 e. The van der Waals surface area contributed by atoms with Gasteiger partial charge in [0.05, 0.1) is 22.1 Å². The molecule has 0 spiro atoms. The fraction of sp³-hybridized carbons (Fsp3) is 0. The highest BCUT2D eigenvalue weighted by atomic mass is 28.3. The molecule has 11 rings (SSSR count). The average molecular weight is 743 g/mol. The third-order valence-electron chi connectivity index (χ3n) is 11.9. The van der Waals surface area contributed by atoms with E-state index in [4.69, 9.17) is 0 Å². The van der Waals surface area contributed by atoms with Crippen molar-refractivity contribution < 1.29 is 0 Å². The molecule has 3 heteroatoms. The zero-order valence-electron chi connectivity index (χ0n) is 31.3. The Labute approximate surface area is 333 Å². The molecule has 0 saturated heterocycles. The van der Waals surface area contributed by atoms with Gasteiger partial charge in [0.25, 0.3) is 0 Å². The Morgan fingerprint density at radius 3 is 1.46 bits per heavy atom. The fourth-order valence-electron chi connectivity index (χ4n) is 9.45. The molecule has 2 aromatic heterocycles. The maximum absolute atomic E-state index is 2.88. The first-order valence-corrected chi connectivity index (χ1v) is 21.7. The molecule has 57 heavy (non-hydrogen) atoms. The maximum atomic E-state index is 2.52. The van der Waals surface area contributed by atoms with Crippen LogP contribution in [0.4, 0.5) is 0 Å². The second-order valence-electron chi connectivity index (χ2n) is 14.9. The number of fused-ring (bicyclic) bond motifs is 6. The Morgan fingerprint density at radius 1 is 0.281 bits per heavy atom. The predicted molar refractivity (Wildman–Crippen MR) is 244 cm³/mol. The van der Waals surface area contributed by atoms with Crippen molar-refractivity contribution in [3.05, 3.63) is 231 Å². The molecule has 0 fully saturated rings. The molecule has 0 unspecified atom stereocenters. The van der Waals surface area contributed by atoms with Crippen molar-refractivity contribution in [1.82, 2.24) is 9.13 Å². The SMILES string of the molecule is c1ccc(-c2ccc3c4c([Si](c5ccccc5)(c5ccccc5)c5ccccc5)cccc4n(-c4ccc5c(c4)c4ccccc4n5-c4ccccc4)c3c2)cc1. The number of benzene rings is 9. The zero-order valence-corrected chi connectivity index (χ0v) is 32.3. The summed E-state index contributed by atoms with van der Waals surface area (Å²) in [6.45, 7) is 0. The molecule has 11 aromatic rings. The van der Waals surface area contributed by atoms with Crippen LogP contribution >= 0.6 is 0 Å². The molecule has 0 aliphatic rings. The van der Waals surface area contributed by atoms with Gasteiger partial charge >= 0.3 is 0 Å². The number of rotatable bonds is 7. The van der Waals surface area contributed by atoms with E-state index in [-0.39, 0.29) is 0 Å². The van der Waals surface area contributed by atoms with E-state index < -0.39 is 8.07 Å². The zero-order chi connectivity index (χ0) is 37.8. The van der Waals surface area contributed by atoms with Crippen molar-refractivity contribution >= 4 is 72.4 Å². The van der Waals surface area contributed by atoms with Crippen LogP contribution in [0.1, 0.15) is 0 Å². The molecule has 2 heterocycles. The van der Waals surface area contributed by atoms with Crippen molar-refractivity contribution in [2.45, 2.75) is 0 Å². The van der Waals surface area contributed by atoms with Crippen LogP contribution in [0.15, 0.2) is 231 Å². The lowest BCUT2D eigenvalue weighted by molar-refractivity contribution is 1.17. The number of hydrogen-bond donors (Lipinski definition) is 0. The van der Waals surface area contributed by atoms with Crippen molar-refractivity contribution in [2.24, 2.45) is 0 Å². The summed E-state index contributed by atoms with van der Waals surface area (Å²) in [5.41, 5.74) is 9.52. The molecule has 0 aliphatic heterocycles. The number of nitrogens with zero attached hydrogens (tertiary/aromatic N) is 2. The quantitative estimate of drug-likeness (QED) is 0.114. The maximum Gasteiger partial charge on any atom is 0.180 e. The lowest BCUT2D eigenvalue weighted by Crippen LogP contribution is -2.74. The van der Waals surface area contributed by atoms with Crippen LogP contribution in [0, 0.1) is 0 Å². The van der Waals surface area contributed by atoms with Gasteiger partial charge in [-0.3, -0.25) is 0 Å². The summed E-state index contributed by atoms with van der Waals surface area (Å²) in [5, 5.41) is 10.5. The Bertz CT molecular complexity index is 3110. The number of para-hydroxylation sites is 2. The molecule has 0 aliphatic carbocycles. The van der Waals surface area contributed by atoms with E-state index in [0.717, 1.165) is 11.4 Å². The third-order valence-corrected chi connectivity index (χ3v) is 16.7. The Balaban J connectivity index is 1.28. The van der Waals surface area contributed by atoms with Crippen LogP contribution in [0.25, 0.3) is 66.1 Å². The van der Waals surface area contributed by atoms with E-state index in [0.29, 0.717) is 0 Å². The minimum atomic E-state index is -2.88. The van der Waals surface area contributed by atoms with Crippen molar-refractivity contribution in [2.75, 3.05) is 0 Å². The molecule has 9 aromatic carbocycles. The summed E-state index contributed by atoms with van der Waals surface area (Å²) in [5.74, 6) is 0. The standard InChI is InChI=1S/C54H38N2Si/c1-6-19-39(20-7-1)40-33-35-47-52(37-40)56(42-34-36-50-48(38-42)46-29-16-17-30-49(46)55(50)41-21-8-2-9-22-41)51-31-18-32-53(54(47)51)57(43-23-10-3-11-24-43,44-25-12-4-13-26-44)45-27-14-5-15-28-45/h1-38H. The van der Waals surface area contributed by atoms with E-state index in [1.165, 1.54) is 75.5 Å². The molecule has 0 bridgehead atoms. The van der Waals surface area contributed by atoms with Crippen LogP contribution in [-0.2, 0) is 0 Å². The van der Waals surface area contributed by atoms with E-state index in [1.54, 1.807) is 0 Å². The summed E-state index contributed by atoms with van der Waals surface area (Å²) in [6, 6.07) is 85.3. The summed E-state index contributed by atoms with van der Waals surface area (Å²) in [4.78, 5) is 0. The molecular weight excluding hydrogens is 705 g/mol. The van der Waals surface area contributed by atoms with Crippen LogP contribution in [0.5, 0.6) is 0 Å². The highest BCUT2D eigenvalue weighted by Crippen LogP contribution is 2.38. The van der Waals surface area contributed by atoms with E-state index in [1.807, 2.05) is 0 Å². The van der Waals surface area contributed by atoms with Crippen LogP contribution in [0.3, 0.4) is 0 Å². The average Bonchev–Trinajstić information content (AvgIpc) is 3.81. The first-order chi connectivity index (χ1) is 28.3. The van der Waals surface area contributed by atoms with E-state index >= 15 is 0 Å². The normalized spacial score (nSPS) is 11.9. The predicted octanol–water partition coefficient (Wildman–Crippen LogP) is 10.9. The minimum absolute atomic E-state index is 1.15. The topological polar surface area (TPSA) is 9.86 Å². The largest absolute Gasteiger partial charge is 0.309 e. The second kappa shape index (κ2) is 13.5. The lowest BCUT2D eigenvalue weighted by Gasteiger charge is -2.35. The summed E-state index contributed by atoms with van der Waals surface area (Å²) < 4.78 is 4.92. The first kappa shape index (κ1) is 33.2. The Morgan fingerprint density at radius 2 is 0.807 bits per heavy atom. The van der Waals surface area contributed by atoms with Gasteiger partial charge in [0.2, 0.25) is 0 Å². The molecule has 0 saturated carbocycles. The number of hydrogen-bond acceptors (Lipinski definition) is 0. The van der Waals surface area contributed by atoms with Gasteiger partial charge in [0.15, 0.2) is 8.07 Å². The van der Waals surface area contributed by atoms with Gasteiger partial charge in [0.1, 0.15) is 0 Å². The molecule has 0 N–H and O–H groups in total. The van der Waals surface area contributed by atoms with E-state index in [2.05, 4.69) is 240 Å². The molecule has 2 nitrogen and oxygen atoms in total. The first-order valence-electron chi connectivity index (χ1n) is 19.7.